The fourth-order valence-electron chi connectivity index (χ4n) is 3.23. The van der Waals surface area contributed by atoms with E-state index in [2.05, 4.69) is 5.32 Å². The van der Waals surface area contributed by atoms with Gasteiger partial charge in [0.15, 0.2) is 0 Å². The first-order valence-corrected chi connectivity index (χ1v) is 8.19. The minimum Gasteiger partial charge on any atom is -0.391 e. The number of aliphatic hydroxyl groups is 1. The first kappa shape index (κ1) is 15.8. The maximum Gasteiger partial charge on any atom is 0.318 e. The van der Waals surface area contributed by atoms with Gasteiger partial charge in [-0.1, -0.05) is 30.3 Å². The van der Waals surface area contributed by atoms with Gasteiger partial charge in [0.1, 0.15) is 6.54 Å². The Hall–Kier alpha value is -2.08. The van der Waals surface area contributed by atoms with Crippen LogP contribution in [-0.4, -0.2) is 59.1 Å². The Morgan fingerprint density at radius 1 is 1.22 bits per heavy atom. The summed E-state index contributed by atoms with van der Waals surface area (Å²) in [7, 11) is 0. The fourth-order valence-corrected chi connectivity index (χ4v) is 3.23. The van der Waals surface area contributed by atoms with Crippen LogP contribution in [0, 0.1) is 0 Å². The molecule has 2 N–H and O–H groups in total. The molecule has 3 amide bonds. The summed E-state index contributed by atoms with van der Waals surface area (Å²) in [6.45, 7) is 1.69. The van der Waals surface area contributed by atoms with Gasteiger partial charge in [-0.05, 0) is 24.8 Å². The van der Waals surface area contributed by atoms with Crippen LogP contribution in [0.4, 0.5) is 4.79 Å². The molecule has 3 rings (SSSR count). The Balaban J connectivity index is 1.54. The lowest BCUT2D eigenvalue weighted by atomic mass is 10.0. The van der Waals surface area contributed by atoms with Crippen molar-refractivity contribution in [1.29, 1.82) is 0 Å². The van der Waals surface area contributed by atoms with E-state index in [0.717, 1.165) is 24.8 Å². The molecule has 124 valence electrons. The molecule has 2 unspecified atom stereocenters. The maximum atomic E-state index is 12.3. The van der Waals surface area contributed by atoms with Crippen LogP contribution in [0.25, 0.3) is 0 Å². The SMILES string of the molecule is O=C(CN1CCC(c2ccccc2)NC1=O)N1CCCC(O)C1. The normalized spacial score (nSPS) is 25.2. The molecule has 0 aliphatic carbocycles. The first-order chi connectivity index (χ1) is 11.1. The zero-order chi connectivity index (χ0) is 16.2. The van der Waals surface area contributed by atoms with Gasteiger partial charge < -0.3 is 20.2 Å². The molecule has 2 aliphatic heterocycles. The second kappa shape index (κ2) is 7.00. The first-order valence-electron chi connectivity index (χ1n) is 8.19. The highest BCUT2D eigenvalue weighted by Crippen LogP contribution is 2.21. The molecule has 6 heteroatoms. The highest BCUT2D eigenvalue weighted by atomic mass is 16.3. The van der Waals surface area contributed by atoms with E-state index in [1.165, 1.54) is 0 Å². The number of nitrogens with one attached hydrogen (secondary N) is 1. The van der Waals surface area contributed by atoms with Crippen LogP contribution in [0.15, 0.2) is 30.3 Å². The number of carbonyl (C=O) groups is 2. The van der Waals surface area contributed by atoms with Crippen LogP contribution >= 0.6 is 0 Å². The maximum absolute atomic E-state index is 12.3. The average Bonchev–Trinajstić information content (AvgIpc) is 2.57. The molecule has 2 atom stereocenters. The third kappa shape index (κ3) is 3.82. The summed E-state index contributed by atoms with van der Waals surface area (Å²) >= 11 is 0. The van der Waals surface area contributed by atoms with Gasteiger partial charge >= 0.3 is 6.03 Å². The van der Waals surface area contributed by atoms with Crippen LogP contribution in [0.5, 0.6) is 0 Å². The summed E-state index contributed by atoms with van der Waals surface area (Å²) < 4.78 is 0. The quantitative estimate of drug-likeness (QED) is 0.877. The third-order valence-corrected chi connectivity index (χ3v) is 4.55. The fraction of sp³-hybridized carbons (Fsp3) is 0.529. The largest absolute Gasteiger partial charge is 0.391 e. The smallest absolute Gasteiger partial charge is 0.318 e. The number of hydrogen-bond acceptors (Lipinski definition) is 3. The number of carbonyl (C=O) groups excluding carboxylic acids is 2. The molecule has 1 aromatic carbocycles. The van der Waals surface area contributed by atoms with Crippen molar-refractivity contribution < 1.29 is 14.7 Å². The molecule has 0 aromatic heterocycles. The van der Waals surface area contributed by atoms with Gasteiger partial charge in [-0.2, -0.15) is 0 Å². The second-order valence-corrected chi connectivity index (χ2v) is 6.26. The Morgan fingerprint density at radius 2 is 2.00 bits per heavy atom. The zero-order valence-corrected chi connectivity index (χ0v) is 13.1. The number of nitrogens with zero attached hydrogens (tertiary/aromatic N) is 2. The van der Waals surface area contributed by atoms with Crippen molar-refractivity contribution in [2.75, 3.05) is 26.2 Å². The molecule has 0 bridgehead atoms. The summed E-state index contributed by atoms with van der Waals surface area (Å²) in [5.41, 5.74) is 1.09. The molecule has 6 nitrogen and oxygen atoms in total. The van der Waals surface area contributed by atoms with Crippen LogP contribution in [0.2, 0.25) is 0 Å². The van der Waals surface area contributed by atoms with Crippen molar-refractivity contribution in [3.8, 4) is 0 Å². The zero-order valence-electron chi connectivity index (χ0n) is 13.1. The van der Waals surface area contributed by atoms with E-state index in [9.17, 15) is 14.7 Å². The van der Waals surface area contributed by atoms with Crippen LogP contribution in [0.3, 0.4) is 0 Å². The van der Waals surface area contributed by atoms with Gasteiger partial charge in [-0.3, -0.25) is 4.79 Å². The Morgan fingerprint density at radius 3 is 2.70 bits per heavy atom. The summed E-state index contributed by atoms with van der Waals surface area (Å²) in [6, 6.07) is 9.68. The molecule has 0 saturated carbocycles. The molecule has 0 radical (unpaired) electrons. The minimum absolute atomic E-state index is 0.00635. The van der Waals surface area contributed by atoms with Crippen LogP contribution in [0.1, 0.15) is 30.9 Å². The Bertz CT molecular complexity index is 563. The number of benzene rings is 1. The number of likely N-dealkylation sites (tertiary alicyclic amines) is 1. The van der Waals surface area contributed by atoms with Crippen molar-refractivity contribution in [1.82, 2.24) is 15.1 Å². The van der Waals surface area contributed by atoms with Gasteiger partial charge in [0.25, 0.3) is 0 Å². The number of amides is 3. The molecule has 1 aromatic rings. The van der Waals surface area contributed by atoms with Crippen LogP contribution in [-0.2, 0) is 4.79 Å². The predicted octanol–water partition coefficient (Wildman–Crippen LogP) is 1.13. The number of aliphatic hydroxyl groups excluding tert-OH is 1. The van der Waals surface area contributed by atoms with Crippen molar-refractivity contribution >= 4 is 11.9 Å². The molecule has 23 heavy (non-hydrogen) atoms. The van der Waals surface area contributed by atoms with Crippen molar-refractivity contribution in [3.63, 3.8) is 0 Å². The lowest BCUT2D eigenvalue weighted by molar-refractivity contribution is -0.135. The highest BCUT2D eigenvalue weighted by molar-refractivity contribution is 5.84. The average molecular weight is 317 g/mol. The van der Waals surface area contributed by atoms with Gasteiger partial charge in [0.05, 0.1) is 12.1 Å². The third-order valence-electron chi connectivity index (χ3n) is 4.55. The molecule has 2 aliphatic rings. The van der Waals surface area contributed by atoms with E-state index < -0.39 is 6.10 Å². The van der Waals surface area contributed by atoms with E-state index in [1.807, 2.05) is 30.3 Å². The number of urea groups is 1. The Labute approximate surface area is 136 Å². The number of β-amino-alcohol motifs (C(OH)–C–C–N with tert-alkyl or cyclic N) is 1. The van der Waals surface area contributed by atoms with E-state index in [4.69, 9.17) is 0 Å². The molecule has 2 fully saturated rings. The van der Waals surface area contributed by atoms with Gasteiger partial charge in [0.2, 0.25) is 5.91 Å². The summed E-state index contributed by atoms with van der Waals surface area (Å²) in [5.74, 6) is -0.0861. The van der Waals surface area contributed by atoms with E-state index in [1.54, 1.807) is 9.80 Å². The number of rotatable bonds is 3. The number of piperidine rings is 1. The van der Waals surface area contributed by atoms with Crippen molar-refractivity contribution in [3.05, 3.63) is 35.9 Å². The monoisotopic (exact) mass is 317 g/mol. The highest BCUT2D eigenvalue weighted by Gasteiger charge is 2.29. The minimum atomic E-state index is -0.439. The summed E-state index contributed by atoms with van der Waals surface area (Å²) in [5, 5.41) is 12.6. The standard InChI is InChI=1S/C17H23N3O3/c21-14-7-4-9-19(11-14)16(22)12-20-10-8-15(18-17(20)23)13-5-2-1-3-6-13/h1-3,5-6,14-15,21H,4,7-12H2,(H,18,23). The van der Waals surface area contributed by atoms with E-state index >= 15 is 0 Å². The Kier molecular flexibility index (Phi) is 4.81. The van der Waals surface area contributed by atoms with Crippen LogP contribution < -0.4 is 5.32 Å². The van der Waals surface area contributed by atoms with Gasteiger partial charge in [0, 0.05) is 19.6 Å². The second-order valence-electron chi connectivity index (χ2n) is 6.26. The molecular weight excluding hydrogens is 294 g/mol. The van der Waals surface area contributed by atoms with Gasteiger partial charge in [-0.15, -0.1) is 0 Å². The lowest BCUT2D eigenvalue weighted by Crippen LogP contribution is -2.53. The van der Waals surface area contributed by atoms with Gasteiger partial charge in [-0.25, -0.2) is 4.79 Å². The topological polar surface area (TPSA) is 72.9 Å². The predicted molar refractivity (Wildman–Crippen MR) is 85.7 cm³/mol. The van der Waals surface area contributed by atoms with E-state index in [-0.39, 0.29) is 24.5 Å². The molecule has 2 saturated heterocycles. The van der Waals surface area contributed by atoms with E-state index in [0.29, 0.717) is 19.6 Å². The molecular formula is C17H23N3O3. The molecule has 0 spiro atoms. The van der Waals surface area contributed by atoms with Crippen molar-refractivity contribution in [2.45, 2.75) is 31.4 Å². The molecule has 2 heterocycles. The summed E-state index contributed by atoms with van der Waals surface area (Å²) in [4.78, 5) is 27.8. The lowest BCUT2D eigenvalue weighted by Gasteiger charge is -2.35. The summed E-state index contributed by atoms with van der Waals surface area (Å²) in [6.07, 6.45) is 1.90. The van der Waals surface area contributed by atoms with Crippen molar-refractivity contribution in [2.24, 2.45) is 0 Å². The number of hydrogen-bond donors (Lipinski definition) is 2.